The topological polar surface area (TPSA) is 72.5 Å². The maximum absolute atomic E-state index is 14.7. The number of hydrogen-bond acceptors (Lipinski definition) is 4. The minimum Gasteiger partial charge on any atom is -0.490 e. The third kappa shape index (κ3) is 3.38. The van der Waals surface area contributed by atoms with E-state index in [4.69, 9.17) is 4.74 Å². The summed E-state index contributed by atoms with van der Waals surface area (Å²) in [5.74, 6) is -0.911. The molecule has 0 spiro atoms. The Hall–Kier alpha value is -2.69. The summed E-state index contributed by atoms with van der Waals surface area (Å²) in [5, 5.41) is 2.49. The Bertz CT molecular complexity index is 1220. The van der Waals surface area contributed by atoms with Crippen molar-refractivity contribution in [2.75, 3.05) is 0 Å². The van der Waals surface area contributed by atoms with Gasteiger partial charge >= 0.3 is 0 Å². The summed E-state index contributed by atoms with van der Waals surface area (Å²) >= 11 is 0. The minimum absolute atomic E-state index is 0.0265. The summed E-state index contributed by atoms with van der Waals surface area (Å²) in [4.78, 5) is 40.9. The van der Waals surface area contributed by atoms with Gasteiger partial charge in [0.25, 0.3) is 0 Å². The van der Waals surface area contributed by atoms with E-state index >= 15 is 0 Å². The molecule has 7 rings (SSSR count). The first-order valence-electron chi connectivity index (χ1n) is 14.0. The minimum atomic E-state index is -0.990. The molecule has 3 heterocycles. The van der Waals surface area contributed by atoms with Crippen LogP contribution in [0.5, 0.6) is 5.75 Å². The number of ether oxygens (including phenoxy) is 1. The molecule has 2 saturated carbocycles. The predicted molar refractivity (Wildman–Crippen MR) is 141 cm³/mol. The van der Waals surface area contributed by atoms with E-state index in [1.165, 1.54) is 5.57 Å². The molecule has 0 radical (unpaired) electrons. The second kappa shape index (κ2) is 8.15. The molecule has 2 bridgehead atoms. The van der Waals surface area contributed by atoms with E-state index in [0.717, 1.165) is 24.2 Å². The number of imide groups is 1. The number of benzene rings is 1. The van der Waals surface area contributed by atoms with Crippen LogP contribution in [0.4, 0.5) is 0 Å². The molecule has 11 unspecified atom stereocenters. The van der Waals surface area contributed by atoms with Crippen LogP contribution in [0.1, 0.15) is 53.0 Å². The van der Waals surface area contributed by atoms with Crippen LogP contribution in [0.25, 0.3) is 0 Å². The van der Waals surface area contributed by atoms with Crippen LogP contribution in [0.3, 0.4) is 0 Å². The van der Waals surface area contributed by atoms with E-state index in [2.05, 4.69) is 52.6 Å². The van der Waals surface area contributed by atoms with Gasteiger partial charge in [-0.25, -0.2) is 0 Å². The van der Waals surface area contributed by atoms with Crippen molar-refractivity contribution in [1.82, 2.24) is 5.32 Å². The van der Waals surface area contributed by atoms with Gasteiger partial charge in [-0.15, -0.1) is 6.58 Å². The lowest BCUT2D eigenvalue weighted by molar-refractivity contribution is -0.141. The fourth-order valence-electron chi connectivity index (χ4n) is 9.90. The Morgan fingerprint density at radius 1 is 1.05 bits per heavy atom. The standard InChI is InChI=1S/C32H39NO4/c1-7-31(5)15-18(4)24-23-26(31)27(34)22-21(29(35)33-30(22)36)13-19-8-10-20(11-9-19)37-28(23)25-17(3)12-16(2)14-32(24,25)6/h7-11,15-17,21-26,28H,1,12-14H2,2-6H3,(H,33,35,36). The summed E-state index contributed by atoms with van der Waals surface area (Å²) < 4.78 is 6.95. The largest absolute Gasteiger partial charge is 0.490 e. The highest BCUT2D eigenvalue weighted by atomic mass is 16.5. The average molecular weight is 502 g/mol. The first kappa shape index (κ1) is 24.6. The molecule has 11 atom stereocenters. The van der Waals surface area contributed by atoms with E-state index in [0.29, 0.717) is 18.3 Å². The average Bonchev–Trinajstić information content (AvgIpc) is 3.23. The van der Waals surface area contributed by atoms with Gasteiger partial charge < -0.3 is 4.74 Å². The van der Waals surface area contributed by atoms with Crippen LogP contribution in [0.2, 0.25) is 0 Å². The Morgan fingerprint density at radius 3 is 2.43 bits per heavy atom. The van der Waals surface area contributed by atoms with Gasteiger partial charge in [0.2, 0.25) is 11.8 Å². The Balaban J connectivity index is 1.61. The lowest BCUT2D eigenvalue weighted by atomic mass is 9.53. The molecule has 37 heavy (non-hydrogen) atoms. The van der Waals surface area contributed by atoms with Crippen LogP contribution < -0.4 is 10.1 Å². The SMILES string of the molecule is C=CC1(C)C=C(C)C2C3C(Oc4ccc(cc4)CC4C(=O)NC(=O)C4C(=O)C31)C1C(C)CC(C)CC21C. The second-order valence-electron chi connectivity index (χ2n) is 13.3. The smallest absolute Gasteiger partial charge is 0.237 e. The van der Waals surface area contributed by atoms with Gasteiger partial charge in [-0.05, 0) is 67.1 Å². The van der Waals surface area contributed by atoms with Crippen LogP contribution in [0, 0.1) is 58.2 Å². The predicted octanol–water partition coefficient (Wildman–Crippen LogP) is 5.15. The molecule has 196 valence electrons. The molecule has 0 aromatic heterocycles. The Morgan fingerprint density at radius 2 is 1.76 bits per heavy atom. The van der Waals surface area contributed by atoms with Gasteiger partial charge in [-0.2, -0.15) is 0 Å². The van der Waals surface area contributed by atoms with Crippen molar-refractivity contribution in [1.29, 1.82) is 0 Å². The van der Waals surface area contributed by atoms with Crippen molar-refractivity contribution >= 4 is 17.6 Å². The maximum Gasteiger partial charge on any atom is 0.237 e. The van der Waals surface area contributed by atoms with Gasteiger partial charge in [-0.3, -0.25) is 19.7 Å². The van der Waals surface area contributed by atoms with Crippen molar-refractivity contribution in [3.8, 4) is 5.75 Å². The van der Waals surface area contributed by atoms with Crippen molar-refractivity contribution in [2.24, 2.45) is 58.2 Å². The van der Waals surface area contributed by atoms with E-state index in [-0.39, 0.29) is 41.0 Å². The van der Waals surface area contributed by atoms with Crippen LogP contribution in [-0.2, 0) is 20.8 Å². The first-order valence-corrected chi connectivity index (χ1v) is 14.0. The molecular formula is C32H39NO4. The number of hydrogen-bond donors (Lipinski definition) is 1. The number of fused-ring (bicyclic) bond motifs is 4. The zero-order valence-corrected chi connectivity index (χ0v) is 22.6. The lowest BCUT2D eigenvalue weighted by Crippen LogP contribution is -2.51. The Labute approximate surface area is 220 Å². The summed E-state index contributed by atoms with van der Waals surface area (Å²) in [6.45, 7) is 15.6. The highest BCUT2D eigenvalue weighted by Gasteiger charge is 2.68. The maximum atomic E-state index is 14.7. The number of allylic oxidation sites excluding steroid dienone is 3. The third-order valence-electron chi connectivity index (χ3n) is 10.8. The van der Waals surface area contributed by atoms with Gasteiger partial charge in [0.1, 0.15) is 17.8 Å². The summed E-state index contributed by atoms with van der Waals surface area (Å²) in [6.07, 6.45) is 6.53. The number of carbonyl (C=O) groups is 3. The summed E-state index contributed by atoms with van der Waals surface area (Å²) in [5.41, 5.74) is 1.56. The van der Waals surface area contributed by atoms with Gasteiger partial charge in [0.05, 0.1) is 5.92 Å². The van der Waals surface area contributed by atoms with Gasteiger partial charge in [0.15, 0.2) is 5.78 Å². The van der Waals surface area contributed by atoms with Crippen molar-refractivity contribution in [2.45, 2.75) is 60.0 Å². The van der Waals surface area contributed by atoms with Crippen LogP contribution in [0.15, 0.2) is 48.6 Å². The molecule has 6 aliphatic rings. The van der Waals surface area contributed by atoms with E-state index in [9.17, 15) is 14.4 Å². The fraction of sp³-hybridized carbons (Fsp3) is 0.594. The quantitative estimate of drug-likeness (QED) is 0.328. The summed E-state index contributed by atoms with van der Waals surface area (Å²) in [6, 6.07) is 7.95. The van der Waals surface area contributed by atoms with Crippen molar-refractivity contribution < 1.29 is 19.1 Å². The number of Topliss-reactive ketones (excluding diaryl/α,β-unsaturated/α-hetero) is 1. The van der Waals surface area contributed by atoms with E-state index < -0.39 is 29.1 Å². The monoisotopic (exact) mass is 501 g/mol. The van der Waals surface area contributed by atoms with E-state index in [1.807, 2.05) is 30.3 Å². The third-order valence-corrected chi connectivity index (χ3v) is 10.8. The second-order valence-corrected chi connectivity index (χ2v) is 13.3. The molecule has 5 nitrogen and oxygen atoms in total. The van der Waals surface area contributed by atoms with Crippen molar-refractivity contribution in [3.05, 3.63) is 54.1 Å². The molecule has 1 aromatic rings. The zero-order chi connectivity index (χ0) is 26.4. The first-order chi connectivity index (χ1) is 17.5. The van der Waals surface area contributed by atoms with Crippen molar-refractivity contribution in [3.63, 3.8) is 0 Å². The normalized spacial score (nSPS) is 46.5. The highest BCUT2D eigenvalue weighted by molar-refractivity contribution is 6.16. The number of rotatable bonds is 1. The molecule has 3 fully saturated rings. The molecule has 1 aromatic carbocycles. The van der Waals surface area contributed by atoms with Gasteiger partial charge in [0, 0.05) is 23.2 Å². The number of amides is 2. The fourth-order valence-corrected chi connectivity index (χ4v) is 9.90. The Kier molecular flexibility index (Phi) is 5.43. The van der Waals surface area contributed by atoms with Crippen LogP contribution in [-0.4, -0.2) is 23.7 Å². The molecule has 1 saturated heterocycles. The van der Waals surface area contributed by atoms with Crippen LogP contribution >= 0.6 is 0 Å². The lowest BCUT2D eigenvalue weighted by Gasteiger charge is -2.50. The molecule has 3 aliphatic carbocycles. The molecule has 1 N–H and O–H groups in total. The molecule has 5 heteroatoms. The number of nitrogens with one attached hydrogen (secondary N) is 1. The van der Waals surface area contributed by atoms with E-state index in [1.54, 1.807) is 0 Å². The number of carbonyl (C=O) groups excluding carboxylic acids is 3. The summed E-state index contributed by atoms with van der Waals surface area (Å²) in [7, 11) is 0. The highest BCUT2D eigenvalue weighted by Crippen LogP contribution is 2.68. The zero-order valence-electron chi connectivity index (χ0n) is 22.6. The van der Waals surface area contributed by atoms with Gasteiger partial charge in [-0.1, -0.05) is 57.6 Å². The molecule has 3 aliphatic heterocycles. The molecule has 2 amide bonds. The molecular weight excluding hydrogens is 462 g/mol. The number of ketones is 1.